The van der Waals surface area contributed by atoms with E-state index in [0.29, 0.717) is 6.61 Å². The average molecular weight is 382 g/mol. The molecule has 2 aromatic heterocycles. The maximum atomic E-state index is 12.7. The number of carbonyl (C=O) groups is 1. The molecule has 0 bridgehead atoms. The van der Waals surface area contributed by atoms with E-state index in [1.54, 1.807) is 26.4 Å². The standard InChI is InChI=1S/C20H22N4O2S/c1-5-7-13-8-14(11-22-10-13)15-9-16(27-12-15)20(3)17(26-6-2)18(25)24(4)19(21)23-20/h8-12,17H,6H2,1-4H3,(H2,21,23)/t17-,20-/m1/s1. The second-order valence-corrected chi connectivity index (χ2v) is 7.30. The number of hydrogen-bond acceptors (Lipinski definition) is 6. The molecule has 0 saturated heterocycles. The Hall–Kier alpha value is -2.69. The van der Waals surface area contributed by atoms with Gasteiger partial charge in [-0.2, -0.15) is 0 Å². The zero-order valence-corrected chi connectivity index (χ0v) is 16.6. The van der Waals surface area contributed by atoms with E-state index in [1.807, 2.05) is 31.4 Å². The number of aromatic nitrogens is 1. The van der Waals surface area contributed by atoms with E-state index < -0.39 is 11.6 Å². The molecule has 0 fully saturated rings. The normalized spacial score (nSPS) is 22.2. The first kappa shape index (κ1) is 19.1. The van der Waals surface area contributed by atoms with Gasteiger partial charge in [0.15, 0.2) is 12.1 Å². The molecule has 3 rings (SSSR count). The van der Waals surface area contributed by atoms with Gasteiger partial charge in [0.1, 0.15) is 5.54 Å². The molecule has 1 aliphatic heterocycles. The second kappa shape index (κ2) is 7.51. The largest absolute Gasteiger partial charge is 0.369 e. The van der Waals surface area contributed by atoms with E-state index in [4.69, 9.17) is 10.5 Å². The van der Waals surface area contributed by atoms with Crippen LogP contribution < -0.4 is 5.73 Å². The van der Waals surface area contributed by atoms with Gasteiger partial charge in [0.25, 0.3) is 5.91 Å². The van der Waals surface area contributed by atoms with Gasteiger partial charge in [0.2, 0.25) is 0 Å². The molecular formula is C20H22N4O2S. The van der Waals surface area contributed by atoms with Crippen molar-refractivity contribution in [3.05, 3.63) is 40.3 Å². The van der Waals surface area contributed by atoms with Crippen molar-refractivity contribution in [3.8, 4) is 23.0 Å². The second-order valence-electron chi connectivity index (χ2n) is 6.39. The molecule has 6 nitrogen and oxygen atoms in total. The SMILES string of the molecule is CC#Cc1cncc(-c2csc([C@@]3(C)N=C(N)N(C)C(=O)[C@H]3OCC)c2)c1. The van der Waals surface area contributed by atoms with Crippen LogP contribution in [0.25, 0.3) is 11.1 Å². The number of guanidine groups is 1. The van der Waals surface area contributed by atoms with Crippen LogP contribution in [-0.2, 0) is 15.1 Å². The molecule has 2 aromatic rings. The van der Waals surface area contributed by atoms with E-state index in [0.717, 1.165) is 21.6 Å². The van der Waals surface area contributed by atoms with Gasteiger partial charge >= 0.3 is 0 Å². The topological polar surface area (TPSA) is 80.8 Å². The number of nitrogens with zero attached hydrogens (tertiary/aromatic N) is 3. The van der Waals surface area contributed by atoms with Gasteiger partial charge in [-0.05, 0) is 43.8 Å². The first-order chi connectivity index (χ1) is 12.9. The first-order valence-electron chi connectivity index (χ1n) is 8.62. The lowest BCUT2D eigenvalue weighted by molar-refractivity contribution is -0.144. The summed E-state index contributed by atoms with van der Waals surface area (Å²) in [5.41, 5.74) is 7.94. The van der Waals surface area contributed by atoms with Crippen LogP contribution in [0.3, 0.4) is 0 Å². The fourth-order valence-corrected chi connectivity index (χ4v) is 4.09. The fourth-order valence-electron chi connectivity index (χ4n) is 3.05. The number of hydrogen-bond donors (Lipinski definition) is 1. The highest BCUT2D eigenvalue weighted by Gasteiger charge is 2.48. The smallest absolute Gasteiger partial charge is 0.261 e. The number of rotatable bonds is 4. The van der Waals surface area contributed by atoms with Gasteiger partial charge in [-0.1, -0.05) is 5.92 Å². The molecular weight excluding hydrogens is 360 g/mol. The number of pyridine rings is 1. The maximum absolute atomic E-state index is 12.7. The number of ether oxygens (including phenoxy) is 1. The zero-order valence-electron chi connectivity index (χ0n) is 15.8. The Morgan fingerprint density at radius 2 is 2.15 bits per heavy atom. The Morgan fingerprint density at radius 1 is 1.37 bits per heavy atom. The summed E-state index contributed by atoms with van der Waals surface area (Å²) in [7, 11) is 1.61. The highest BCUT2D eigenvalue weighted by molar-refractivity contribution is 7.10. The average Bonchev–Trinajstić information content (AvgIpc) is 3.15. The number of likely N-dealkylation sites (N-methyl/N-ethyl adjacent to an activating group) is 1. The summed E-state index contributed by atoms with van der Waals surface area (Å²) < 4.78 is 5.77. The van der Waals surface area contributed by atoms with Crippen molar-refractivity contribution >= 4 is 23.2 Å². The van der Waals surface area contributed by atoms with Crippen molar-refractivity contribution in [1.29, 1.82) is 0 Å². The van der Waals surface area contributed by atoms with Gasteiger partial charge in [-0.3, -0.25) is 14.7 Å². The summed E-state index contributed by atoms with van der Waals surface area (Å²) in [6, 6.07) is 4.02. The Balaban J connectivity index is 2.04. The Labute approximate surface area is 163 Å². The lowest BCUT2D eigenvalue weighted by Gasteiger charge is -2.39. The van der Waals surface area contributed by atoms with E-state index in [1.165, 1.54) is 16.2 Å². The Bertz CT molecular complexity index is 956. The molecule has 1 aliphatic rings. The zero-order chi connectivity index (χ0) is 19.6. The molecule has 3 heterocycles. The number of nitrogens with two attached hydrogens (primary N) is 1. The van der Waals surface area contributed by atoms with E-state index in [2.05, 4.69) is 21.8 Å². The van der Waals surface area contributed by atoms with E-state index in [-0.39, 0.29) is 11.9 Å². The number of carbonyl (C=O) groups excluding carboxylic acids is 1. The molecule has 27 heavy (non-hydrogen) atoms. The predicted octanol–water partition coefficient (Wildman–Crippen LogP) is 2.59. The van der Waals surface area contributed by atoms with Gasteiger partial charge in [0, 0.05) is 42.1 Å². The fraction of sp³-hybridized carbons (Fsp3) is 0.350. The summed E-state index contributed by atoms with van der Waals surface area (Å²) in [6.07, 6.45) is 2.81. The lowest BCUT2D eigenvalue weighted by atomic mass is 9.90. The van der Waals surface area contributed by atoms with E-state index >= 15 is 0 Å². The summed E-state index contributed by atoms with van der Waals surface area (Å²) >= 11 is 1.53. The van der Waals surface area contributed by atoms with Gasteiger partial charge in [-0.25, -0.2) is 4.99 Å². The van der Waals surface area contributed by atoms with Crippen LogP contribution >= 0.6 is 11.3 Å². The highest BCUT2D eigenvalue weighted by atomic mass is 32.1. The molecule has 1 amide bonds. The summed E-state index contributed by atoms with van der Waals surface area (Å²) in [6.45, 7) is 5.96. The Morgan fingerprint density at radius 3 is 2.85 bits per heavy atom. The minimum absolute atomic E-state index is 0.190. The summed E-state index contributed by atoms with van der Waals surface area (Å²) in [4.78, 5) is 23.9. The monoisotopic (exact) mass is 382 g/mol. The molecule has 0 unspecified atom stereocenters. The quantitative estimate of drug-likeness (QED) is 0.824. The van der Waals surface area contributed by atoms with Crippen molar-refractivity contribution in [2.45, 2.75) is 32.4 Å². The van der Waals surface area contributed by atoms with Crippen LogP contribution in [0.4, 0.5) is 0 Å². The number of aliphatic imine (C=N–C) groups is 1. The lowest BCUT2D eigenvalue weighted by Crippen LogP contribution is -2.57. The maximum Gasteiger partial charge on any atom is 0.261 e. The van der Waals surface area contributed by atoms with Crippen molar-refractivity contribution in [1.82, 2.24) is 9.88 Å². The molecule has 0 spiro atoms. The molecule has 0 aliphatic carbocycles. The molecule has 0 radical (unpaired) electrons. The first-order valence-corrected chi connectivity index (χ1v) is 9.50. The minimum Gasteiger partial charge on any atom is -0.369 e. The number of thiophene rings is 1. The van der Waals surface area contributed by atoms with Gasteiger partial charge in [0.05, 0.1) is 0 Å². The minimum atomic E-state index is -0.874. The third-order valence-corrected chi connectivity index (χ3v) is 5.69. The predicted molar refractivity (Wildman–Crippen MR) is 107 cm³/mol. The number of amides is 1. The third-order valence-electron chi connectivity index (χ3n) is 4.53. The molecule has 7 heteroatoms. The van der Waals surface area contributed by atoms with Crippen LogP contribution in [0.1, 0.15) is 31.2 Å². The van der Waals surface area contributed by atoms with E-state index in [9.17, 15) is 4.79 Å². The van der Waals surface area contributed by atoms with Crippen LogP contribution in [0.5, 0.6) is 0 Å². The molecule has 2 N–H and O–H groups in total. The molecule has 140 valence electrons. The Kier molecular flexibility index (Phi) is 5.31. The molecule has 0 saturated carbocycles. The van der Waals surface area contributed by atoms with Crippen LogP contribution in [0, 0.1) is 11.8 Å². The van der Waals surface area contributed by atoms with Crippen molar-refractivity contribution < 1.29 is 9.53 Å². The van der Waals surface area contributed by atoms with Crippen molar-refractivity contribution in [2.75, 3.05) is 13.7 Å². The van der Waals surface area contributed by atoms with Gasteiger partial charge < -0.3 is 10.5 Å². The summed E-state index contributed by atoms with van der Waals surface area (Å²) in [5, 5.41) is 2.03. The van der Waals surface area contributed by atoms with Crippen molar-refractivity contribution in [3.63, 3.8) is 0 Å². The third kappa shape index (κ3) is 3.46. The van der Waals surface area contributed by atoms with Crippen LogP contribution in [0.2, 0.25) is 0 Å². The highest BCUT2D eigenvalue weighted by Crippen LogP contribution is 2.40. The van der Waals surface area contributed by atoms with Crippen LogP contribution in [0.15, 0.2) is 34.9 Å². The summed E-state index contributed by atoms with van der Waals surface area (Å²) in [5.74, 6) is 5.90. The molecule has 0 aromatic carbocycles. The van der Waals surface area contributed by atoms with Crippen molar-refractivity contribution in [2.24, 2.45) is 10.7 Å². The van der Waals surface area contributed by atoms with Crippen LogP contribution in [-0.4, -0.2) is 41.5 Å². The van der Waals surface area contributed by atoms with Gasteiger partial charge in [-0.15, -0.1) is 17.3 Å². The molecule has 2 atom stereocenters.